The van der Waals surface area contributed by atoms with Gasteiger partial charge in [-0.1, -0.05) is 37.3 Å². The molecule has 0 saturated heterocycles. The van der Waals surface area contributed by atoms with Crippen molar-refractivity contribution < 1.29 is 18.0 Å². The molecule has 2 heterocycles. The first kappa shape index (κ1) is 23.5. The van der Waals surface area contributed by atoms with Crippen molar-refractivity contribution in [2.75, 3.05) is 5.32 Å². The summed E-state index contributed by atoms with van der Waals surface area (Å²) in [4.78, 5) is 18.1. The summed E-state index contributed by atoms with van der Waals surface area (Å²) in [5.74, 6) is 5.66. The molecule has 7 heteroatoms. The Morgan fingerprint density at radius 3 is 2.68 bits per heavy atom. The van der Waals surface area contributed by atoms with Gasteiger partial charge in [-0.05, 0) is 66.2 Å². The van der Waals surface area contributed by atoms with E-state index < -0.39 is 17.6 Å². The average Bonchev–Trinajstić information content (AvgIpc) is 3.27. The fraction of sp³-hybridized carbons (Fsp3) is 0.185. The van der Waals surface area contributed by atoms with Gasteiger partial charge in [-0.15, -0.1) is 11.3 Å². The van der Waals surface area contributed by atoms with Crippen LogP contribution < -0.4 is 5.32 Å². The Balaban J connectivity index is 1.58. The summed E-state index contributed by atoms with van der Waals surface area (Å²) >= 11 is 1.56. The number of carbonyl (C=O) groups excluding carboxylic acids is 1. The minimum absolute atomic E-state index is 0.0977. The predicted octanol–water partition coefficient (Wildman–Crippen LogP) is 7.23. The number of thiophene rings is 1. The zero-order valence-electron chi connectivity index (χ0n) is 18.6. The number of halogens is 3. The number of benzene rings is 2. The van der Waals surface area contributed by atoms with Crippen molar-refractivity contribution >= 4 is 33.1 Å². The van der Waals surface area contributed by atoms with Gasteiger partial charge < -0.3 is 5.32 Å². The first-order valence-corrected chi connectivity index (χ1v) is 11.6. The molecule has 0 aliphatic heterocycles. The van der Waals surface area contributed by atoms with Crippen LogP contribution in [0.2, 0.25) is 0 Å². The van der Waals surface area contributed by atoms with E-state index in [0.29, 0.717) is 24.0 Å². The summed E-state index contributed by atoms with van der Waals surface area (Å²) in [6.07, 6.45) is -1.87. The van der Waals surface area contributed by atoms with Gasteiger partial charge in [0, 0.05) is 34.0 Å². The summed E-state index contributed by atoms with van der Waals surface area (Å²) in [7, 11) is 0. The lowest BCUT2D eigenvalue weighted by molar-refractivity contribution is -0.138. The summed E-state index contributed by atoms with van der Waals surface area (Å²) in [5, 5.41) is 5.57. The van der Waals surface area contributed by atoms with Gasteiger partial charge >= 0.3 is 6.18 Å². The molecule has 0 fully saturated rings. The second-order valence-corrected chi connectivity index (χ2v) is 8.79. The van der Waals surface area contributed by atoms with Gasteiger partial charge in [0.2, 0.25) is 0 Å². The van der Waals surface area contributed by atoms with Crippen LogP contribution in [0.15, 0.2) is 60.1 Å². The molecule has 0 spiro atoms. The molecule has 4 rings (SSSR count). The highest BCUT2D eigenvalue weighted by Crippen LogP contribution is 2.34. The smallest absolute Gasteiger partial charge is 0.322 e. The number of rotatable bonds is 4. The SMILES string of the molecule is CCCc1ccc(NC(=O)c2ccc(C)c(C#Cc3cnc4sccc4c3)c2)cc1C(F)(F)F. The molecule has 0 unspecified atom stereocenters. The average molecular weight is 479 g/mol. The highest BCUT2D eigenvalue weighted by atomic mass is 32.1. The molecule has 1 N–H and O–H groups in total. The number of anilines is 1. The van der Waals surface area contributed by atoms with Crippen LogP contribution in [0, 0.1) is 18.8 Å². The van der Waals surface area contributed by atoms with Crippen molar-refractivity contribution in [1.29, 1.82) is 0 Å². The number of aromatic nitrogens is 1. The lowest BCUT2D eigenvalue weighted by Gasteiger charge is -2.15. The molecule has 4 aromatic rings. The minimum atomic E-state index is -4.49. The van der Waals surface area contributed by atoms with Gasteiger partial charge in [-0.3, -0.25) is 4.79 Å². The van der Waals surface area contributed by atoms with Gasteiger partial charge in [0.1, 0.15) is 4.83 Å². The third-order valence-corrected chi connectivity index (χ3v) is 6.18. The third kappa shape index (κ3) is 5.29. The second kappa shape index (κ2) is 9.70. The Labute approximate surface area is 199 Å². The number of carbonyl (C=O) groups is 1. The number of nitrogens with one attached hydrogen (secondary N) is 1. The van der Waals surface area contributed by atoms with E-state index in [-0.39, 0.29) is 11.3 Å². The Bertz CT molecular complexity index is 1430. The Kier molecular flexibility index (Phi) is 6.71. The molecule has 2 aromatic heterocycles. The first-order valence-electron chi connectivity index (χ1n) is 10.7. The molecule has 0 atom stereocenters. The predicted molar refractivity (Wildman–Crippen MR) is 130 cm³/mol. The van der Waals surface area contributed by atoms with Gasteiger partial charge in [-0.25, -0.2) is 4.98 Å². The van der Waals surface area contributed by atoms with Crippen molar-refractivity contribution in [2.45, 2.75) is 32.9 Å². The maximum atomic E-state index is 13.5. The monoisotopic (exact) mass is 478 g/mol. The molecule has 2 aromatic carbocycles. The fourth-order valence-corrected chi connectivity index (χ4v) is 4.29. The van der Waals surface area contributed by atoms with Gasteiger partial charge in [0.25, 0.3) is 5.91 Å². The van der Waals surface area contributed by atoms with E-state index in [4.69, 9.17) is 0 Å². The number of nitrogens with zero attached hydrogens (tertiary/aromatic N) is 1. The van der Waals surface area contributed by atoms with Crippen molar-refractivity contribution in [3.63, 3.8) is 0 Å². The topological polar surface area (TPSA) is 42.0 Å². The zero-order valence-corrected chi connectivity index (χ0v) is 19.4. The lowest BCUT2D eigenvalue weighted by Crippen LogP contribution is -2.15. The van der Waals surface area contributed by atoms with E-state index in [1.165, 1.54) is 12.1 Å². The molecular formula is C27H21F3N2OS. The molecular weight excluding hydrogens is 457 g/mol. The Morgan fingerprint density at radius 2 is 1.91 bits per heavy atom. The Morgan fingerprint density at radius 1 is 1.09 bits per heavy atom. The molecule has 1 amide bonds. The van der Waals surface area contributed by atoms with E-state index in [9.17, 15) is 18.0 Å². The summed E-state index contributed by atoms with van der Waals surface area (Å²) in [5.41, 5.74) is 2.21. The summed E-state index contributed by atoms with van der Waals surface area (Å²) < 4.78 is 40.4. The number of hydrogen-bond acceptors (Lipinski definition) is 3. The first-order chi connectivity index (χ1) is 16.2. The van der Waals surface area contributed by atoms with Crippen LogP contribution >= 0.6 is 11.3 Å². The quantitative estimate of drug-likeness (QED) is 0.315. The molecule has 172 valence electrons. The fourth-order valence-electron chi connectivity index (χ4n) is 3.57. The van der Waals surface area contributed by atoms with Crippen LogP contribution in [0.3, 0.4) is 0 Å². The number of amides is 1. The van der Waals surface area contributed by atoms with E-state index in [1.807, 2.05) is 31.4 Å². The van der Waals surface area contributed by atoms with E-state index >= 15 is 0 Å². The molecule has 3 nitrogen and oxygen atoms in total. The van der Waals surface area contributed by atoms with Crippen LogP contribution in [0.1, 0.15) is 51.5 Å². The lowest BCUT2D eigenvalue weighted by atomic mass is 10.0. The number of pyridine rings is 1. The van der Waals surface area contributed by atoms with Crippen LogP contribution in [-0.4, -0.2) is 10.9 Å². The summed E-state index contributed by atoms with van der Waals surface area (Å²) in [6.45, 7) is 3.71. The van der Waals surface area contributed by atoms with Crippen molar-refractivity contribution in [2.24, 2.45) is 0 Å². The van der Waals surface area contributed by atoms with E-state index in [0.717, 1.165) is 27.4 Å². The standard InChI is InChI=1S/C27H21F3N2OS/c1-3-4-19-9-10-23(15-24(19)27(28,29)30)32-25(33)21-7-5-17(2)20(14-21)8-6-18-13-22-11-12-34-26(22)31-16-18/h5,7,9-16H,3-4H2,1-2H3,(H,32,33). The Hall–Kier alpha value is -3.63. The van der Waals surface area contributed by atoms with Crippen LogP contribution in [0.25, 0.3) is 10.2 Å². The normalized spacial score (nSPS) is 11.2. The van der Waals surface area contributed by atoms with Crippen molar-refractivity contribution in [3.8, 4) is 11.8 Å². The largest absolute Gasteiger partial charge is 0.416 e. The molecule has 0 saturated carbocycles. The van der Waals surface area contributed by atoms with Crippen molar-refractivity contribution in [1.82, 2.24) is 4.98 Å². The van der Waals surface area contributed by atoms with Crippen LogP contribution in [0.4, 0.5) is 18.9 Å². The number of alkyl halides is 3. The second-order valence-electron chi connectivity index (χ2n) is 7.89. The maximum Gasteiger partial charge on any atom is 0.416 e. The van der Waals surface area contributed by atoms with Crippen LogP contribution in [-0.2, 0) is 12.6 Å². The third-order valence-electron chi connectivity index (χ3n) is 5.34. The zero-order chi connectivity index (χ0) is 24.3. The van der Waals surface area contributed by atoms with Crippen molar-refractivity contribution in [3.05, 3.63) is 93.5 Å². The van der Waals surface area contributed by atoms with Gasteiger partial charge in [0.05, 0.1) is 5.56 Å². The minimum Gasteiger partial charge on any atom is -0.322 e. The highest BCUT2D eigenvalue weighted by Gasteiger charge is 2.33. The van der Waals surface area contributed by atoms with Crippen LogP contribution in [0.5, 0.6) is 0 Å². The maximum absolute atomic E-state index is 13.5. The van der Waals surface area contributed by atoms with Gasteiger partial charge in [0.15, 0.2) is 0 Å². The van der Waals surface area contributed by atoms with E-state index in [1.54, 1.807) is 35.7 Å². The molecule has 0 radical (unpaired) electrons. The molecule has 0 bridgehead atoms. The molecule has 0 aliphatic rings. The highest BCUT2D eigenvalue weighted by molar-refractivity contribution is 7.16. The number of hydrogen-bond donors (Lipinski definition) is 1. The van der Waals surface area contributed by atoms with Gasteiger partial charge in [-0.2, -0.15) is 13.2 Å². The number of fused-ring (bicyclic) bond motifs is 1. The summed E-state index contributed by atoms with van der Waals surface area (Å²) in [6, 6.07) is 12.9. The van der Waals surface area contributed by atoms with E-state index in [2.05, 4.69) is 22.1 Å². The number of aryl methyl sites for hydroxylation is 2. The molecule has 34 heavy (non-hydrogen) atoms. The molecule has 0 aliphatic carbocycles.